The third kappa shape index (κ3) is 3.76. The number of pyridine rings is 1. The molecule has 0 atom stereocenters. The van der Waals surface area contributed by atoms with E-state index in [4.69, 9.17) is 32.0 Å². The SMILES string of the molecule is COc1ccc(/C(N)=N/O)cc1COc1cncc(Cl)c1. The molecule has 1 aromatic carbocycles. The molecule has 0 saturated carbocycles. The fraction of sp³-hybridized carbons (Fsp3) is 0.143. The zero-order chi connectivity index (χ0) is 15.2. The molecular formula is C14H14ClN3O3. The number of aromatic nitrogens is 1. The number of oxime groups is 1. The highest BCUT2D eigenvalue weighted by Gasteiger charge is 2.08. The average Bonchev–Trinajstić information content (AvgIpc) is 2.52. The minimum atomic E-state index is 0.0170. The summed E-state index contributed by atoms with van der Waals surface area (Å²) in [5.74, 6) is 1.20. The normalized spacial score (nSPS) is 11.2. The summed E-state index contributed by atoms with van der Waals surface area (Å²) < 4.78 is 10.9. The lowest BCUT2D eigenvalue weighted by atomic mass is 10.1. The number of hydrogen-bond acceptors (Lipinski definition) is 5. The van der Waals surface area contributed by atoms with Gasteiger partial charge in [0.25, 0.3) is 0 Å². The quantitative estimate of drug-likeness (QED) is 0.383. The van der Waals surface area contributed by atoms with Gasteiger partial charge in [-0.15, -0.1) is 0 Å². The van der Waals surface area contributed by atoms with Crippen molar-refractivity contribution in [3.63, 3.8) is 0 Å². The number of nitrogens with two attached hydrogens (primary N) is 1. The van der Waals surface area contributed by atoms with Crippen LogP contribution in [0.4, 0.5) is 0 Å². The molecule has 2 rings (SSSR count). The second-order valence-electron chi connectivity index (χ2n) is 4.14. The summed E-state index contributed by atoms with van der Waals surface area (Å²) >= 11 is 5.84. The summed E-state index contributed by atoms with van der Waals surface area (Å²) in [5.41, 5.74) is 6.89. The van der Waals surface area contributed by atoms with E-state index in [1.165, 1.54) is 6.20 Å². The van der Waals surface area contributed by atoms with Crippen LogP contribution in [-0.2, 0) is 6.61 Å². The lowest BCUT2D eigenvalue weighted by molar-refractivity contribution is 0.295. The van der Waals surface area contributed by atoms with Crippen molar-refractivity contribution < 1.29 is 14.7 Å². The fourth-order valence-electron chi connectivity index (χ4n) is 1.74. The fourth-order valence-corrected chi connectivity index (χ4v) is 1.90. The largest absolute Gasteiger partial charge is 0.496 e. The maximum atomic E-state index is 8.72. The molecule has 0 spiro atoms. The van der Waals surface area contributed by atoms with Gasteiger partial charge in [-0.25, -0.2) is 0 Å². The first-order valence-electron chi connectivity index (χ1n) is 6.02. The number of benzene rings is 1. The third-order valence-electron chi connectivity index (χ3n) is 2.76. The molecular weight excluding hydrogens is 294 g/mol. The van der Waals surface area contributed by atoms with Crippen LogP contribution >= 0.6 is 11.6 Å². The van der Waals surface area contributed by atoms with Crippen molar-refractivity contribution in [1.82, 2.24) is 4.98 Å². The Labute approximate surface area is 126 Å². The Morgan fingerprint density at radius 2 is 2.19 bits per heavy atom. The van der Waals surface area contributed by atoms with Gasteiger partial charge in [0, 0.05) is 23.4 Å². The second kappa shape index (κ2) is 6.81. The maximum absolute atomic E-state index is 8.72. The van der Waals surface area contributed by atoms with Crippen LogP contribution in [0.15, 0.2) is 41.8 Å². The molecule has 0 unspecified atom stereocenters. The summed E-state index contributed by atoms with van der Waals surface area (Å²) in [6.45, 7) is 0.234. The van der Waals surface area contributed by atoms with Gasteiger partial charge in [0.15, 0.2) is 5.84 Å². The topological polar surface area (TPSA) is 90.0 Å². The lowest BCUT2D eigenvalue weighted by Crippen LogP contribution is -2.13. The van der Waals surface area contributed by atoms with Crippen LogP contribution in [0, 0.1) is 0 Å². The molecule has 0 radical (unpaired) electrons. The highest BCUT2D eigenvalue weighted by Crippen LogP contribution is 2.23. The minimum absolute atomic E-state index is 0.0170. The highest BCUT2D eigenvalue weighted by atomic mass is 35.5. The standard InChI is InChI=1S/C14H14ClN3O3/c1-20-13-3-2-9(14(16)18-19)4-10(13)8-21-12-5-11(15)6-17-7-12/h2-7,19H,8H2,1H3,(H2,16,18). The van der Waals surface area contributed by atoms with Crippen molar-refractivity contribution in [2.75, 3.05) is 7.11 Å². The molecule has 21 heavy (non-hydrogen) atoms. The molecule has 7 heteroatoms. The van der Waals surface area contributed by atoms with Gasteiger partial charge in [-0.1, -0.05) is 16.8 Å². The summed E-state index contributed by atoms with van der Waals surface area (Å²) in [6, 6.07) is 6.81. The van der Waals surface area contributed by atoms with Crippen LogP contribution in [0.1, 0.15) is 11.1 Å². The number of nitrogens with zero attached hydrogens (tertiary/aromatic N) is 2. The van der Waals surface area contributed by atoms with Gasteiger partial charge in [-0.3, -0.25) is 4.98 Å². The summed E-state index contributed by atoms with van der Waals surface area (Å²) in [7, 11) is 1.56. The molecule has 1 aromatic heterocycles. The summed E-state index contributed by atoms with van der Waals surface area (Å²) in [4.78, 5) is 3.94. The van der Waals surface area contributed by atoms with E-state index in [0.717, 1.165) is 5.56 Å². The number of ether oxygens (including phenoxy) is 2. The van der Waals surface area contributed by atoms with Crippen molar-refractivity contribution in [3.8, 4) is 11.5 Å². The molecule has 0 aliphatic carbocycles. The van der Waals surface area contributed by atoms with Crippen LogP contribution in [-0.4, -0.2) is 23.1 Å². The Balaban J connectivity index is 2.21. The van der Waals surface area contributed by atoms with Crippen molar-refractivity contribution in [3.05, 3.63) is 52.8 Å². The first-order valence-corrected chi connectivity index (χ1v) is 6.40. The molecule has 1 heterocycles. The monoisotopic (exact) mass is 307 g/mol. The van der Waals surface area contributed by atoms with Gasteiger partial charge in [0.2, 0.25) is 0 Å². The highest BCUT2D eigenvalue weighted by molar-refractivity contribution is 6.30. The Kier molecular flexibility index (Phi) is 4.84. The van der Waals surface area contributed by atoms with E-state index in [-0.39, 0.29) is 12.4 Å². The Morgan fingerprint density at radius 3 is 2.86 bits per heavy atom. The van der Waals surface area contributed by atoms with E-state index in [0.29, 0.717) is 22.1 Å². The number of rotatable bonds is 5. The first-order chi connectivity index (χ1) is 10.1. The number of amidine groups is 1. The van der Waals surface area contributed by atoms with Crippen LogP contribution < -0.4 is 15.2 Å². The average molecular weight is 308 g/mol. The van der Waals surface area contributed by atoms with Crippen LogP contribution in [0.2, 0.25) is 5.02 Å². The van der Waals surface area contributed by atoms with Gasteiger partial charge >= 0.3 is 0 Å². The smallest absolute Gasteiger partial charge is 0.170 e. The number of methoxy groups -OCH3 is 1. The van der Waals surface area contributed by atoms with E-state index in [1.807, 2.05) is 0 Å². The minimum Gasteiger partial charge on any atom is -0.496 e. The van der Waals surface area contributed by atoms with Crippen LogP contribution in [0.5, 0.6) is 11.5 Å². The van der Waals surface area contributed by atoms with Gasteiger partial charge in [-0.05, 0) is 18.2 Å². The van der Waals surface area contributed by atoms with Gasteiger partial charge in [0.1, 0.15) is 18.1 Å². The van der Waals surface area contributed by atoms with Gasteiger partial charge in [0.05, 0.1) is 18.3 Å². The molecule has 0 aliphatic rings. The van der Waals surface area contributed by atoms with E-state index in [2.05, 4.69) is 10.1 Å². The zero-order valence-corrected chi connectivity index (χ0v) is 12.0. The maximum Gasteiger partial charge on any atom is 0.170 e. The lowest BCUT2D eigenvalue weighted by Gasteiger charge is -2.11. The van der Waals surface area contributed by atoms with Gasteiger partial charge in [-0.2, -0.15) is 0 Å². The van der Waals surface area contributed by atoms with E-state index in [1.54, 1.807) is 37.6 Å². The predicted octanol–water partition coefficient (Wildman–Crippen LogP) is 2.42. The van der Waals surface area contributed by atoms with Gasteiger partial charge < -0.3 is 20.4 Å². The van der Waals surface area contributed by atoms with E-state index >= 15 is 0 Å². The van der Waals surface area contributed by atoms with E-state index < -0.39 is 0 Å². The number of halogens is 1. The molecule has 2 aromatic rings. The molecule has 0 fully saturated rings. The Morgan fingerprint density at radius 1 is 1.38 bits per heavy atom. The molecule has 6 nitrogen and oxygen atoms in total. The number of hydrogen-bond donors (Lipinski definition) is 2. The van der Waals surface area contributed by atoms with Crippen molar-refractivity contribution in [2.45, 2.75) is 6.61 Å². The molecule has 110 valence electrons. The van der Waals surface area contributed by atoms with Crippen molar-refractivity contribution in [1.29, 1.82) is 0 Å². The Hall–Kier alpha value is -2.47. The van der Waals surface area contributed by atoms with Crippen molar-refractivity contribution in [2.24, 2.45) is 10.9 Å². The van der Waals surface area contributed by atoms with Crippen LogP contribution in [0.25, 0.3) is 0 Å². The predicted molar refractivity (Wildman–Crippen MR) is 79.1 cm³/mol. The zero-order valence-electron chi connectivity index (χ0n) is 11.3. The first kappa shape index (κ1) is 14.9. The van der Waals surface area contributed by atoms with Crippen LogP contribution in [0.3, 0.4) is 0 Å². The Bertz CT molecular complexity index is 662. The summed E-state index contributed by atoms with van der Waals surface area (Å²) in [5, 5.41) is 12.2. The second-order valence-corrected chi connectivity index (χ2v) is 4.58. The molecule has 0 saturated heterocycles. The molecule has 0 bridgehead atoms. The third-order valence-corrected chi connectivity index (χ3v) is 2.96. The van der Waals surface area contributed by atoms with Crippen molar-refractivity contribution >= 4 is 17.4 Å². The molecule has 0 aliphatic heterocycles. The van der Waals surface area contributed by atoms with E-state index in [9.17, 15) is 0 Å². The molecule has 3 N–H and O–H groups in total. The summed E-state index contributed by atoms with van der Waals surface area (Å²) in [6.07, 6.45) is 3.08. The molecule has 0 amide bonds.